The highest BCUT2D eigenvalue weighted by atomic mass is 16.5. The van der Waals surface area contributed by atoms with Crippen molar-refractivity contribution in [3.8, 4) is 11.5 Å². The van der Waals surface area contributed by atoms with Gasteiger partial charge in [0.05, 0.1) is 25.0 Å². The van der Waals surface area contributed by atoms with E-state index in [1.807, 2.05) is 26.8 Å². The molecule has 0 aromatic heterocycles. The van der Waals surface area contributed by atoms with Crippen LogP contribution in [0.4, 0.5) is 5.69 Å². The molecule has 0 unspecified atom stereocenters. The molecule has 0 spiro atoms. The first kappa shape index (κ1) is 20.3. The van der Waals surface area contributed by atoms with Crippen LogP contribution in [-0.2, 0) is 4.79 Å². The van der Waals surface area contributed by atoms with Crippen LogP contribution in [0.5, 0.6) is 11.5 Å². The molecule has 0 aliphatic carbocycles. The van der Waals surface area contributed by atoms with Crippen molar-refractivity contribution in [1.82, 2.24) is 5.32 Å². The summed E-state index contributed by atoms with van der Waals surface area (Å²) in [5.74, 6) is 0.277. The van der Waals surface area contributed by atoms with Gasteiger partial charge < -0.3 is 20.1 Å². The minimum absolute atomic E-state index is 0.108. The van der Waals surface area contributed by atoms with Crippen molar-refractivity contribution >= 4 is 17.5 Å². The van der Waals surface area contributed by atoms with Gasteiger partial charge in [0.2, 0.25) is 5.91 Å². The number of hydrogen-bond acceptors (Lipinski definition) is 4. The normalized spacial score (nSPS) is 11.6. The molecule has 2 rings (SSSR count). The monoisotopic (exact) mass is 370 g/mol. The maximum atomic E-state index is 12.8. The molecule has 2 aromatic carbocycles. The zero-order chi connectivity index (χ0) is 19.8. The quantitative estimate of drug-likeness (QED) is 0.746. The number of carbonyl (C=O) groups is 2. The van der Waals surface area contributed by atoms with Crippen LogP contribution in [-0.4, -0.2) is 31.6 Å². The molecule has 27 heavy (non-hydrogen) atoms. The summed E-state index contributed by atoms with van der Waals surface area (Å²) < 4.78 is 10.8. The molecule has 0 aliphatic heterocycles. The van der Waals surface area contributed by atoms with E-state index in [9.17, 15) is 9.59 Å². The molecule has 2 amide bonds. The smallest absolute Gasteiger partial charge is 0.255 e. The highest BCUT2D eigenvalue weighted by molar-refractivity contribution is 6.03. The molecule has 0 bridgehead atoms. The highest BCUT2D eigenvalue weighted by Crippen LogP contribution is 2.24. The molecule has 6 nitrogen and oxygen atoms in total. The van der Waals surface area contributed by atoms with E-state index in [1.165, 1.54) is 7.11 Å². The van der Waals surface area contributed by atoms with E-state index in [0.29, 0.717) is 29.4 Å². The van der Waals surface area contributed by atoms with Gasteiger partial charge in [-0.05, 0) is 37.1 Å². The van der Waals surface area contributed by atoms with Crippen molar-refractivity contribution < 1.29 is 19.1 Å². The highest BCUT2D eigenvalue weighted by Gasteiger charge is 2.26. The van der Waals surface area contributed by atoms with Crippen LogP contribution >= 0.6 is 0 Å². The van der Waals surface area contributed by atoms with Gasteiger partial charge >= 0.3 is 0 Å². The predicted octanol–water partition coefficient (Wildman–Crippen LogP) is 3.49. The molecule has 144 valence electrons. The van der Waals surface area contributed by atoms with E-state index in [1.54, 1.807) is 42.5 Å². The predicted molar refractivity (Wildman–Crippen MR) is 105 cm³/mol. The lowest BCUT2D eigenvalue weighted by Gasteiger charge is -2.23. The van der Waals surface area contributed by atoms with Crippen molar-refractivity contribution in [2.24, 2.45) is 5.92 Å². The van der Waals surface area contributed by atoms with Crippen LogP contribution in [0.25, 0.3) is 0 Å². The second kappa shape index (κ2) is 9.62. The Bertz CT molecular complexity index is 789. The van der Waals surface area contributed by atoms with E-state index >= 15 is 0 Å². The number of methoxy groups -OCH3 is 1. The molecule has 0 fully saturated rings. The third kappa shape index (κ3) is 5.23. The molecule has 0 aliphatic rings. The van der Waals surface area contributed by atoms with Crippen molar-refractivity contribution in [1.29, 1.82) is 0 Å². The van der Waals surface area contributed by atoms with E-state index in [-0.39, 0.29) is 17.7 Å². The molecule has 1 atom stereocenters. The van der Waals surface area contributed by atoms with Gasteiger partial charge in [-0.1, -0.05) is 38.1 Å². The van der Waals surface area contributed by atoms with Gasteiger partial charge in [0.15, 0.2) is 0 Å². The van der Waals surface area contributed by atoms with Crippen molar-refractivity contribution in [2.75, 3.05) is 19.0 Å². The van der Waals surface area contributed by atoms with Crippen LogP contribution in [0, 0.1) is 5.92 Å². The average molecular weight is 370 g/mol. The number of amides is 2. The van der Waals surface area contributed by atoms with E-state index in [0.717, 1.165) is 0 Å². The standard InChI is InChI=1S/C21H26N2O4/c1-5-27-17-12-8-6-10-15(17)20(24)23-19(14(2)3)21(25)22-16-11-7-9-13-18(16)26-4/h6-14,19H,5H2,1-4H3,(H,22,25)(H,23,24)/t19-/m0/s1. The van der Waals surface area contributed by atoms with Crippen LogP contribution in [0.15, 0.2) is 48.5 Å². The minimum atomic E-state index is -0.711. The molecular weight excluding hydrogens is 344 g/mol. The number of ether oxygens (including phenoxy) is 2. The Labute approximate surface area is 159 Å². The fourth-order valence-electron chi connectivity index (χ4n) is 2.65. The molecule has 6 heteroatoms. The number of para-hydroxylation sites is 3. The Hall–Kier alpha value is -3.02. The van der Waals surface area contributed by atoms with Crippen LogP contribution in [0.1, 0.15) is 31.1 Å². The molecule has 2 aromatic rings. The van der Waals surface area contributed by atoms with E-state index in [2.05, 4.69) is 10.6 Å². The zero-order valence-electron chi connectivity index (χ0n) is 16.1. The van der Waals surface area contributed by atoms with Crippen molar-refractivity contribution in [3.63, 3.8) is 0 Å². The van der Waals surface area contributed by atoms with Crippen LogP contribution in [0.3, 0.4) is 0 Å². The van der Waals surface area contributed by atoms with Gasteiger partial charge in [-0.2, -0.15) is 0 Å². The fraction of sp³-hybridized carbons (Fsp3) is 0.333. The SMILES string of the molecule is CCOc1ccccc1C(=O)N[C@H](C(=O)Nc1ccccc1OC)C(C)C. The van der Waals surface area contributed by atoms with Crippen LogP contribution < -0.4 is 20.1 Å². The first-order valence-electron chi connectivity index (χ1n) is 8.94. The summed E-state index contributed by atoms with van der Waals surface area (Å²) in [6.45, 7) is 6.06. The molecule has 0 radical (unpaired) electrons. The molecule has 0 heterocycles. The van der Waals surface area contributed by atoms with Gasteiger partial charge in [0, 0.05) is 0 Å². The Morgan fingerprint density at radius 3 is 2.26 bits per heavy atom. The number of nitrogens with one attached hydrogen (secondary N) is 2. The topological polar surface area (TPSA) is 76.7 Å². The van der Waals surface area contributed by atoms with Gasteiger partial charge in [0.25, 0.3) is 5.91 Å². The van der Waals surface area contributed by atoms with E-state index < -0.39 is 6.04 Å². The average Bonchev–Trinajstić information content (AvgIpc) is 2.66. The Morgan fingerprint density at radius 2 is 1.63 bits per heavy atom. The third-order valence-electron chi connectivity index (χ3n) is 4.03. The van der Waals surface area contributed by atoms with Gasteiger partial charge in [-0.3, -0.25) is 9.59 Å². The lowest BCUT2D eigenvalue weighted by Crippen LogP contribution is -2.47. The maximum absolute atomic E-state index is 12.8. The summed E-state index contributed by atoms with van der Waals surface area (Å²) >= 11 is 0. The van der Waals surface area contributed by atoms with E-state index in [4.69, 9.17) is 9.47 Å². The Kier molecular flexibility index (Phi) is 7.23. The fourth-order valence-corrected chi connectivity index (χ4v) is 2.65. The Morgan fingerprint density at radius 1 is 1.00 bits per heavy atom. The lowest BCUT2D eigenvalue weighted by molar-refractivity contribution is -0.118. The summed E-state index contributed by atoms with van der Waals surface area (Å²) in [5.41, 5.74) is 0.953. The second-order valence-electron chi connectivity index (χ2n) is 6.31. The number of anilines is 1. The number of hydrogen-bond donors (Lipinski definition) is 2. The van der Waals surface area contributed by atoms with Gasteiger partial charge in [-0.15, -0.1) is 0 Å². The van der Waals surface area contributed by atoms with Crippen molar-refractivity contribution in [2.45, 2.75) is 26.8 Å². The van der Waals surface area contributed by atoms with Crippen LogP contribution in [0.2, 0.25) is 0 Å². The summed E-state index contributed by atoms with van der Waals surface area (Å²) in [5, 5.41) is 5.65. The minimum Gasteiger partial charge on any atom is -0.495 e. The lowest BCUT2D eigenvalue weighted by atomic mass is 10.0. The number of benzene rings is 2. The van der Waals surface area contributed by atoms with Gasteiger partial charge in [0.1, 0.15) is 17.5 Å². The van der Waals surface area contributed by atoms with Crippen molar-refractivity contribution in [3.05, 3.63) is 54.1 Å². The largest absolute Gasteiger partial charge is 0.495 e. The molecule has 0 saturated heterocycles. The van der Waals surface area contributed by atoms with Gasteiger partial charge in [-0.25, -0.2) is 0 Å². The summed E-state index contributed by atoms with van der Waals surface area (Å²) in [6, 6.07) is 13.4. The Balaban J connectivity index is 2.18. The zero-order valence-corrected chi connectivity index (χ0v) is 16.1. The molecule has 2 N–H and O–H groups in total. The molecular formula is C21H26N2O4. The molecule has 0 saturated carbocycles. The second-order valence-corrected chi connectivity index (χ2v) is 6.31. The summed E-state index contributed by atoms with van der Waals surface area (Å²) in [4.78, 5) is 25.5. The maximum Gasteiger partial charge on any atom is 0.255 e. The summed E-state index contributed by atoms with van der Waals surface area (Å²) in [7, 11) is 1.54. The number of carbonyl (C=O) groups excluding carboxylic acids is 2. The first-order chi connectivity index (χ1) is 13.0. The summed E-state index contributed by atoms with van der Waals surface area (Å²) in [6.07, 6.45) is 0. The number of rotatable bonds is 8. The first-order valence-corrected chi connectivity index (χ1v) is 8.94. The third-order valence-corrected chi connectivity index (χ3v) is 4.03.